The molecule has 7 heteroatoms. The van der Waals surface area contributed by atoms with Crippen molar-refractivity contribution < 1.29 is 48.8 Å². The van der Waals surface area contributed by atoms with E-state index in [0.717, 1.165) is 0 Å². The fourth-order valence-corrected chi connectivity index (χ4v) is 0. The summed E-state index contributed by atoms with van der Waals surface area (Å²) in [4.78, 5) is 0. The van der Waals surface area contributed by atoms with Crippen LogP contribution in [0.2, 0.25) is 0 Å². The van der Waals surface area contributed by atoms with E-state index in [9.17, 15) is 0 Å². The van der Waals surface area contributed by atoms with Crippen LogP contribution < -0.4 is 0 Å². The summed E-state index contributed by atoms with van der Waals surface area (Å²) in [6.45, 7) is 0. The van der Waals surface area contributed by atoms with E-state index in [1.807, 2.05) is 0 Å². The van der Waals surface area contributed by atoms with E-state index in [-0.39, 0.29) is 31.3 Å². The molecule has 0 aliphatic heterocycles. The van der Waals surface area contributed by atoms with Gasteiger partial charge < -0.3 is 14.6 Å². The molecule has 0 aromatic rings. The van der Waals surface area contributed by atoms with E-state index in [1.54, 1.807) is 0 Å². The number of hydrogen-bond donors (Lipinski definition) is 0. The van der Waals surface area contributed by atoms with Crippen molar-refractivity contribution in [1.82, 2.24) is 0 Å². The fourth-order valence-electron chi connectivity index (χ4n) is 0. The Morgan fingerprint density at radius 3 is 1.14 bits per heavy atom. The topological polar surface area (TPSA) is 109 Å². The van der Waals surface area contributed by atoms with Crippen LogP contribution in [0, 0.1) is 0 Å². The molecule has 40 valence electrons. The van der Waals surface area contributed by atoms with Crippen molar-refractivity contribution in [2.75, 3.05) is 0 Å². The monoisotopic (exact) mass is 292 g/mol. The van der Waals surface area contributed by atoms with E-state index in [2.05, 4.69) is 0 Å². The zero-order valence-corrected chi connectivity index (χ0v) is 7.36. The van der Waals surface area contributed by atoms with E-state index in [1.165, 1.54) is 0 Å². The van der Waals surface area contributed by atoms with E-state index < -0.39 is 10.4 Å². The molecule has 0 rings (SSSR count). The largest absolute Gasteiger partial charge is 4.00 e. The number of rotatable bonds is 0. The van der Waals surface area contributed by atoms with Gasteiger partial charge in [0.2, 0.25) is 0 Å². The smallest absolute Gasteiger partial charge is 2.00 e. The third-order valence-electron chi connectivity index (χ3n) is 0. The zero-order chi connectivity index (χ0) is 4.50. The first-order chi connectivity index (χ1) is 2.00. The van der Waals surface area contributed by atoms with Crippen molar-refractivity contribution in [1.29, 1.82) is 0 Å². The van der Waals surface area contributed by atoms with Crippen LogP contribution >= 0.6 is 0 Å². The summed E-state index contributed by atoms with van der Waals surface area (Å²) in [5.41, 5.74) is 0. The average molecular weight is 291 g/mol. The molecular formula is HfO5S. The molecule has 0 heterocycles. The predicted molar refractivity (Wildman–Crippen MR) is 11.2 cm³/mol. The first kappa shape index (κ1) is 15.6. The summed E-state index contributed by atoms with van der Waals surface area (Å²) in [5, 5.41) is 0. The van der Waals surface area contributed by atoms with E-state index in [4.69, 9.17) is 17.5 Å². The zero-order valence-electron chi connectivity index (χ0n) is 2.95. The summed E-state index contributed by atoms with van der Waals surface area (Å²) >= 11 is 0. The Kier molecular flexibility index (Phi) is 10.8. The van der Waals surface area contributed by atoms with Crippen molar-refractivity contribution in [2.24, 2.45) is 0 Å². The van der Waals surface area contributed by atoms with Crippen LogP contribution in [0.1, 0.15) is 0 Å². The predicted octanol–water partition coefficient (Wildman–Crippen LogP) is -1.46. The Balaban J connectivity index is -0.0000000800. The van der Waals surface area contributed by atoms with Gasteiger partial charge in [0, 0.05) is 10.4 Å². The second-order valence-corrected chi connectivity index (χ2v) is 1.22. The summed E-state index contributed by atoms with van der Waals surface area (Å²) < 4.78 is 34.1. The molecule has 0 spiro atoms. The second kappa shape index (κ2) is 4.85. The van der Waals surface area contributed by atoms with Crippen molar-refractivity contribution in [2.45, 2.75) is 0 Å². The molecule has 0 saturated heterocycles. The van der Waals surface area contributed by atoms with Gasteiger partial charge in [-0.15, -0.1) is 0 Å². The van der Waals surface area contributed by atoms with Crippen LogP contribution in [0.3, 0.4) is 0 Å². The first-order valence-electron chi connectivity index (χ1n) is 0.667. The summed E-state index contributed by atoms with van der Waals surface area (Å²) in [5.74, 6) is 0. The minimum absolute atomic E-state index is 0. The van der Waals surface area contributed by atoms with Crippen LogP contribution in [0.4, 0.5) is 0 Å². The summed E-state index contributed by atoms with van der Waals surface area (Å²) in [7, 11) is -5.17. The molecule has 0 saturated carbocycles. The van der Waals surface area contributed by atoms with Crippen LogP contribution in [0.5, 0.6) is 0 Å². The Morgan fingerprint density at radius 1 is 1.14 bits per heavy atom. The molecule has 7 heavy (non-hydrogen) atoms. The van der Waals surface area contributed by atoms with Crippen molar-refractivity contribution in [3.8, 4) is 0 Å². The van der Waals surface area contributed by atoms with E-state index in [0.29, 0.717) is 0 Å². The van der Waals surface area contributed by atoms with Crippen molar-refractivity contribution in [3.05, 3.63) is 0 Å². The maximum Gasteiger partial charge on any atom is 4.00 e. The molecule has 0 atom stereocenters. The van der Waals surface area contributed by atoms with Gasteiger partial charge in [0.15, 0.2) is 0 Å². The first-order valence-corrected chi connectivity index (χ1v) is 2.00. The molecule has 0 amide bonds. The molecular weight excluding hydrogens is 291 g/mol. The SMILES string of the molecule is O=S(=O)([O-])[O-].[Hf+4].[O-2]. The quantitative estimate of drug-likeness (QED) is 0.308. The second-order valence-electron chi connectivity index (χ2n) is 0.408. The molecule has 5 nitrogen and oxygen atoms in total. The van der Waals surface area contributed by atoms with Crippen LogP contribution in [-0.2, 0) is 41.7 Å². The van der Waals surface area contributed by atoms with Crippen molar-refractivity contribution in [3.63, 3.8) is 0 Å². The van der Waals surface area contributed by atoms with Gasteiger partial charge in [-0.1, -0.05) is 0 Å². The van der Waals surface area contributed by atoms with Gasteiger partial charge in [-0.25, -0.2) is 0 Å². The van der Waals surface area contributed by atoms with Crippen LogP contribution in [0.25, 0.3) is 0 Å². The van der Waals surface area contributed by atoms with Crippen molar-refractivity contribution >= 4 is 10.4 Å². The minimum atomic E-state index is -5.17. The molecule has 0 radical (unpaired) electrons. The minimum Gasteiger partial charge on any atom is -2.00 e. The Hall–Kier alpha value is 0.700. The van der Waals surface area contributed by atoms with Crippen LogP contribution in [0.15, 0.2) is 0 Å². The fraction of sp³-hybridized carbons (Fsp3) is 0. The van der Waals surface area contributed by atoms with Gasteiger partial charge >= 0.3 is 25.8 Å². The standard InChI is InChI=1S/Hf.H2O4S.O/c;1-5(2,3)4;/h;(H2,1,2,3,4);/q+4;;-2/p-2. The molecule has 0 aliphatic rings. The Bertz CT molecular complexity index is 91.2. The molecule has 0 fully saturated rings. The van der Waals surface area contributed by atoms with Gasteiger partial charge in [0.05, 0.1) is 0 Å². The van der Waals surface area contributed by atoms with Crippen LogP contribution in [-0.4, -0.2) is 17.5 Å². The van der Waals surface area contributed by atoms with Gasteiger partial charge in [-0.2, -0.15) is 0 Å². The Morgan fingerprint density at radius 2 is 1.14 bits per heavy atom. The molecule has 0 aliphatic carbocycles. The maximum atomic E-state index is 8.52. The third-order valence-corrected chi connectivity index (χ3v) is 0. The summed E-state index contributed by atoms with van der Waals surface area (Å²) in [6, 6.07) is 0. The number of hydrogen-bond acceptors (Lipinski definition) is 4. The van der Waals surface area contributed by atoms with Gasteiger partial charge in [-0.3, -0.25) is 8.42 Å². The van der Waals surface area contributed by atoms with E-state index >= 15 is 0 Å². The Labute approximate surface area is 59.4 Å². The molecule has 0 N–H and O–H groups in total. The molecule has 0 bridgehead atoms. The molecule has 0 aromatic carbocycles. The van der Waals surface area contributed by atoms with Gasteiger partial charge in [-0.05, 0) is 0 Å². The van der Waals surface area contributed by atoms with Gasteiger partial charge in [0.25, 0.3) is 0 Å². The molecule has 0 aromatic heterocycles. The molecule has 0 unspecified atom stereocenters. The maximum absolute atomic E-state index is 8.52. The normalized spacial score (nSPS) is 8.29. The average Bonchev–Trinajstić information content (AvgIpc) is 0.722. The van der Waals surface area contributed by atoms with Gasteiger partial charge in [0.1, 0.15) is 0 Å². The summed E-state index contributed by atoms with van der Waals surface area (Å²) in [6.07, 6.45) is 0. The third kappa shape index (κ3) is 302.